The second-order valence-electron chi connectivity index (χ2n) is 8.10. The highest BCUT2D eigenvalue weighted by Gasteiger charge is 2.51. The van der Waals surface area contributed by atoms with E-state index in [4.69, 9.17) is 14.6 Å². The van der Waals surface area contributed by atoms with Gasteiger partial charge in [0.2, 0.25) is 5.91 Å². The minimum absolute atomic E-state index is 0.0284. The Labute approximate surface area is 182 Å². The lowest BCUT2D eigenvalue weighted by Gasteiger charge is -2.54. The number of rotatable bonds is 3. The van der Waals surface area contributed by atoms with Crippen molar-refractivity contribution in [3.8, 4) is 5.75 Å². The van der Waals surface area contributed by atoms with Gasteiger partial charge >= 0.3 is 12.1 Å². The molecule has 1 aromatic rings. The zero-order valence-electron chi connectivity index (χ0n) is 17.8. The minimum Gasteiger partial charge on any atom is -0.508 e. The van der Waals surface area contributed by atoms with Crippen molar-refractivity contribution in [2.75, 3.05) is 33.3 Å². The molecule has 2 saturated heterocycles. The minimum atomic E-state index is -5.08. The maximum absolute atomic E-state index is 12.5. The van der Waals surface area contributed by atoms with Gasteiger partial charge < -0.3 is 25.2 Å². The van der Waals surface area contributed by atoms with E-state index in [1.54, 1.807) is 17.0 Å². The van der Waals surface area contributed by atoms with Crippen LogP contribution in [0.3, 0.4) is 0 Å². The predicted octanol–water partition coefficient (Wildman–Crippen LogP) is 1.08. The molecule has 2 fully saturated rings. The van der Waals surface area contributed by atoms with E-state index in [9.17, 15) is 27.9 Å². The Balaban J connectivity index is 0.000000451. The van der Waals surface area contributed by atoms with E-state index in [-0.39, 0.29) is 29.6 Å². The number of ether oxygens (including phenoxy) is 1. The summed E-state index contributed by atoms with van der Waals surface area (Å²) in [5.74, 6) is -2.83. The summed E-state index contributed by atoms with van der Waals surface area (Å²) in [4.78, 5) is 37.3. The maximum atomic E-state index is 12.5. The van der Waals surface area contributed by atoms with Gasteiger partial charge in [-0.3, -0.25) is 14.5 Å². The first-order valence-electron chi connectivity index (χ1n) is 9.77. The first-order valence-corrected chi connectivity index (χ1v) is 9.77. The Morgan fingerprint density at radius 2 is 1.81 bits per heavy atom. The smallest absolute Gasteiger partial charge is 0.490 e. The van der Waals surface area contributed by atoms with Crippen LogP contribution in [0.1, 0.15) is 24.2 Å². The number of carboxylic acid groups (broad SMARTS) is 1. The molecule has 0 bridgehead atoms. The van der Waals surface area contributed by atoms with Crippen molar-refractivity contribution in [3.05, 3.63) is 29.8 Å². The number of hydrogen-bond acceptors (Lipinski definition) is 6. The fourth-order valence-electron chi connectivity index (χ4n) is 3.46. The molecule has 1 aromatic carbocycles. The van der Waals surface area contributed by atoms with Gasteiger partial charge in [0.05, 0.1) is 19.7 Å². The van der Waals surface area contributed by atoms with Crippen LogP contribution in [-0.2, 0) is 14.3 Å². The van der Waals surface area contributed by atoms with Gasteiger partial charge in [-0.05, 0) is 39.1 Å². The number of aliphatic carboxylic acids is 1. The zero-order chi connectivity index (χ0) is 24.3. The molecule has 2 amide bonds. The summed E-state index contributed by atoms with van der Waals surface area (Å²) < 4.78 is 37.7. The van der Waals surface area contributed by atoms with Crippen molar-refractivity contribution in [2.24, 2.45) is 0 Å². The van der Waals surface area contributed by atoms with Crippen LogP contribution in [0.2, 0.25) is 0 Å². The number of halogens is 3. The van der Waals surface area contributed by atoms with Crippen molar-refractivity contribution in [2.45, 2.75) is 37.7 Å². The molecule has 3 N–H and O–H groups in total. The van der Waals surface area contributed by atoms with E-state index in [2.05, 4.69) is 5.32 Å². The number of aromatic hydroxyl groups is 1. The molecule has 2 aliphatic heterocycles. The van der Waals surface area contributed by atoms with Gasteiger partial charge in [-0.15, -0.1) is 0 Å². The average Bonchev–Trinajstić information content (AvgIpc) is 2.64. The number of phenolic OH excluding ortho intramolecular Hbond substituents is 1. The van der Waals surface area contributed by atoms with E-state index in [1.807, 2.05) is 25.8 Å². The summed E-state index contributed by atoms with van der Waals surface area (Å²) in [6, 6.07) is 6.14. The van der Waals surface area contributed by atoms with Gasteiger partial charge in [0.25, 0.3) is 5.91 Å². The van der Waals surface area contributed by atoms with Crippen LogP contribution in [-0.4, -0.2) is 94.9 Å². The number of morpholine rings is 1. The summed E-state index contributed by atoms with van der Waals surface area (Å²) in [7, 11) is 1.91. The molecule has 1 unspecified atom stereocenters. The number of carbonyl (C=O) groups is 3. The molecule has 178 valence electrons. The monoisotopic (exact) mass is 461 g/mol. The summed E-state index contributed by atoms with van der Waals surface area (Å²) in [6.07, 6.45) is -5.08. The number of nitrogens with one attached hydrogen (secondary N) is 1. The molecule has 3 rings (SSSR count). The van der Waals surface area contributed by atoms with Gasteiger partial charge in [-0.1, -0.05) is 6.07 Å². The number of amides is 2. The van der Waals surface area contributed by atoms with E-state index < -0.39 is 17.7 Å². The fourth-order valence-corrected chi connectivity index (χ4v) is 3.46. The molecule has 1 spiro atoms. The van der Waals surface area contributed by atoms with Crippen molar-refractivity contribution in [3.63, 3.8) is 0 Å². The summed E-state index contributed by atoms with van der Waals surface area (Å²) in [5.41, 5.74) is 0.0590. The number of phenols is 1. The number of hydrogen-bond donors (Lipinski definition) is 3. The van der Waals surface area contributed by atoms with Crippen molar-refractivity contribution in [1.82, 2.24) is 15.1 Å². The molecular formula is C20H26F3N3O6. The van der Waals surface area contributed by atoms with E-state index in [0.29, 0.717) is 31.8 Å². The van der Waals surface area contributed by atoms with Crippen LogP contribution in [0.5, 0.6) is 5.75 Å². The van der Waals surface area contributed by atoms with Crippen LogP contribution < -0.4 is 5.32 Å². The van der Waals surface area contributed by atoms with Gasteiger partial charge in [0, 0.05) is 18.2 Å². The molecule has 0 aliphatic carbocycles. The third-order valence-electron chi connectivity index (χ3n) is 4.93. The Morgan fingerprint density at radius 3 is 2.28 bits per heavy atom. The average molecular weight is 461 g/mol. The van der Waals surface area contributed by atoms with Crippen molar-refractivity contribution >= 4 is 17.8 Å². The Morgan fingerprint density at radius 1 is 1.22 bits per heavy atom. The number of likely N-dealkylation sites (tertiary alicyclic amines) is 1. The lowest BCUT2D eigenvalue weighted by atomic mass is 9.90. The first-order chi connectivity index (χ1) is 14.7. The first kappa shape index (κ1) is 25.4. The summed E-state index contributed by atoms with van der Waals surface area (Å²) in [5, 5.41) is 19.6. The molecular weight excluding hydrogens is 435 g/mol. The molecule has 0 aromatic heterocycles. The lowest BCUT2D eigenvalue weighted by Crippen LogP contribution is -2.73. The second kappa shape index (κ2) is 9.74. The lowest BCUT2D eigenvalue weighted by molar-refractivity contribution is -0.192. The van der Waals surface area contributed by atoms with Gasteiger partial charge in [-0.25, -0.2) is 4.79 Å². The molecule has 2 heterocycles. The Kier molecular flexibility index (Phi) is 7.73. The van der Waals surface area contributed by atoms with Crippen LogP contribution in [0.4, 0.5) is 13.2 Å². The normalized spacial score (nSPS) is 20.2. The second-order valence-corrected chi connectivity index (χ2v) is 8.10. The Bertz CT molecular complexity index is 855. The maximum Gasteiger partial charge on any atom is 0.490 e. The van der Waals surface area contributed by atoms with Gasteiger partial charge in [0.1, 0.15) is 17.4 Å². The van der Waals surface area contributed by atoms with Crippen LogP contribution >= 0.6 is 0 Å². The highest BCUT2D eigenvalue weighted by molar-refractivity contribution is 5.95. The largest absolute Gasteiger partial charge is 0.508 e. The van der Waals surface area contributed by atoms with Crippen molar-refractivity contribution < 1.29 is 42.5 Å². The van der Waals surface area contributed by atoms with Crippen LogP contribution in [0, 0.1) is 0 Å². The molecule has 32 heavy (non-hydrogen) atoms. The van der Waals surface area contributed by atoms with Gasteiger partial charge in [0.15, 0.2) is 0 Å². The molecule has 0 radical (unpaired) electrons. The van der Waals surface area contributed by atoms with Crippen LogP contribution in [0.25, 0.3) is 0 Å². The zero-order valence-corrected chi connectivity index (χ0v) is 17.8. The molecule has 1 atom stereocenters. The summed E-state index contributed by atoms with van der Waals surface area (Å²) in [6.45, 7) is 5.77. The Hall–Kier alpha value is -2.86. The standard InChI is InChI=1S/C18H25N3O4.C2HF3O2/c1-12(2)19-16(23)15-8-25-18(9-20(15)3)10-21(11-18)17(24)13-5-4-6-14(22)7-13;3-2(4,5)1(6)7/h4-7,12,15,22H,8-11H2,1-3H3,(H,19,23);(H,6,7). The quantitative estimate of drug-likeness (QED) is 0.616. The summed E-state index contributed by atoms with van der Waals surface area (Å²) >= 11 is 0. The van der Waals surface area contributed by atoms with Crippen molar-refractivity contribution in [1.29, 1.82) is 0 Å². The van der Waals surface area contributed by atoms with E-state index >= 15 is 0 Å². The highest BCUT2D eigenvalue weighted by Crippen LogP contribution is 2.32. The van der Waals surface area contributed by atoms with E-state index in [0.717, 1.165) is 0 Å². The third-order valence-corrected chi connectivity index (χ3v) is 4.93. The van der Waals surface area contributed by atoms with Crippen LogP contribution in [0.15, 0.2) is 24.3 Å². The SMILES string of the molecule is CC(C)NC(=O)C1COC2(CN(C(=O)c3cccc(O)c3)C2)CN1C.O=C(O)C(F)(F)F. The fraction of sp³-hybridized carbons (Fsp3) is 0.550. The molecule has 12 heteroatoms. The van der Waals surface area contributed by atoms with E-state index in [1.165, 1.54) is 12.1 Å². The molecule has 2 aliphatic rings. The predicted molar refractivity (Wildman–Crippen MR) is 106 cm³/mol. The number of likely N-dealkylation sites (N-methyl/N-ethyl adjacent to an activating group) is 1. The number of benzene rings is 1. The number of carboxylic acids is 1. The number of alkyl halides is 3. The number of nitrogens with zero attached hydrogens (tertiary/aromatic N) is 2. The topological polar surface area (TPSA) is 119 Å². The highest BCUT2D eigenvalue weighted by atomic mass is 19.4. The van der Waals surface area contributed by atoms with Gasteiger partial charge in [-0.2, -0.15) is 13.2 Å². The number of carbonyl (C=O) groups excluding carboxylic acids is 2. The molecule has 9 nitrogen and oxygen atoms in total. The molecule has 0 saturated carbocycles. The third kappa shape index (κ3) is 6.33.